The van der Waals surface area contributed by atoms with E-state index in [2.05, 4.69) is 31.2 Å². The minimum atomic E-state index is -1.44. The molecule has 4 aromatic rings. The number of aryl methyl sites for hydroxylation is 1. The SMILES string of the molecule is CCCCCCc1ccc2c(ccc3cc(-c4cc(F)c(F)c(F)c4)ccc32)c1. The van der Waals surface area contributed by atoms with E-state index in [1.807, 2.05) is 24.3 Å². The third-order valence-corrected chi connectivity index (χ3v) is 5.54. The van der Waals surface area contributed by atoms with Crippen LogP contribution in [0.3, 0.4) is 0 Å². The molecule has 148 valence electrons. The second kappa shape index (κ2) is 8.28. The zero-order chi connectivity index (χ0) is 20.4. The molecule has 0 nitrogen and oxygen atoms in total. The van der Waals surface area contributed by atoms with Crippen LogP contribution in [0.4, 0.5) is 13.2 Å². The molecule has 0 amide bonds. The molecule has 4 rings (SSSR count). The van der Waals surface area contributed by atoms with E-state index in [4.69, 9.17) is 0 Å². The van der Waals surface area contributed by atoms with Gasteiger partial charge in [0.2, 0.25) is 0 Å². The smallest absolute Gasteiger partial charge is 0.194 e. The summed E-state index contributed by atoms with van der Waals surface area (Å²) in [5, 5.41) is 4.42. The molecule has 0 fully saturated rings. The summed E-state index contributed by atoms with van der Waals surface area (Å²) in [4.78, 5) is 0. The maximum Gasteiger partial charge on any atom is 0.194 e. The molecule has 0 spiro atoms. The van der Waals surface area contributed by atoms with Gasteiger partial charge in [-0.25, -0.2) is 13.2 Å². The number of benzene rings is 4. The van der Waals surface area contributed by atoms with Crippen LogP contribution in [0.15, 0.2) is 60.7 Å². The van der Waals surface area contributed by atoms with Gasteiger partial charge in [0.1, 0.15) is 0 Å². The van der Waals surface area contributed by atoms with Crippen LogP contribution in [-0.2, 0) is 6.42 Å². The zero-order valence-corrected chi connectivity index (χ0v) is 16.4. The third kappa shape index (κ3) is 4.00. The summed E-state index contributed by atoms with van der Waals surface area (Å²) >= 11 is 0. The van der Waals surface area contributed by atoms with E-state index in [-0.39, 0.29) is 0 Å². The van der Waals surface area contributed by atoms with Gasteiger partial charge in [-0.2, -0.15) is 0 Å². The Bertz CT molecular complexity index is 1150. The molecular weight excluding hydrogens is 369 g/mol. The van der Waals surface area contributed by atoms with Crippen LogP contribution < -0.4 is 0 Å². The molecular formula is C26H23F3. The first-order valence-electron chi connectivity index (χ1n) is 10.2. The molecule has 0 aliphatic heterocycles. The Morgan fingerprint density at radius 2 is 1.28 bits per heavy atom. The van der Waals surface area contributed by atoms with Crippen LogP contribution in [0.25, 0.3) is 32.7 Å². The van der Waals surface area contributed by atoms with Crippen molar-refractivity contribution in [2.24, 2.45) is 0 Å². The van der Waals surface area contributed by atoms with Crippen molar-refractivity contribution in [3.63, 3.8) is 0 Å². The van der Waals surface area contributed by atoms with E-state index in [0.717, 1.165) is 34.7 Å². The Kier molecular flexibility index (Phi) is 5.57. The van der Waals surface area contributed by atoms with Crippen molar-refractivity contribution in [2.75, 3.05) is 0 Å². The van der Waals surface area contributed by atoms with Crippen molar-refractivity contribution in [1.29, 1.82) is 0 Å². The summed E-state index contributed by atoms with van der Waals surface area (Å²) in [6, 6.07) is 18.5. The Hall–Kier alpha value is -2.81. The predicted molar refractivity (Wildman–Crippen MR) is 115 cm³/mol. The number of unbranched alkanes of at least 4 members (excludes halogenated alkanes) is 3. The van der Waals surface area contributed by atoms with Gasteiger partial charge in [-0.3, -0.25) is 0 Å². The Morgan fingerprint density at radius 3 is 1.97 bits per heavy atom. The monoisotopic (exact) mass is 392 g/mol. The van der Waals surface area contributed by atoms with Gasteiger partial charge in [0, 0.05) is 0 Å². The summed E-state index contributed by atoms with van der Waals surface area (Å²) < 4.78 is 40.5. The standard InChI is InChI=1S/C26H23F3/c1-2-3-4-5-6-17-7-11-22-19(13-17)8-9-20-14-18(10-12-23(20)22)21-15-24(27)26(29)25(28)16-21/h7-16H,2-6H2,1H3. The normalized spacial score (nSPS) is 11.4. The first kappa shape index (κ1) is 19.5. The van der Waals surface area contributed by atoms with Crippen LogP contribution in [0, 0.1) is 17.5 Å². The van der Waals surface area contributed by atoms with Gasteiger partial charge < -0.3 is 0 Å². The van der Waals surface area contributed by atoms with Gasteiger partial charge >= 0.3 is 0 Å². The molecule has 0 aromatic heterocycles. The maximum atomic E-state index is 13.6. The molecule has 29 heavy (non-hydrogen) atoms. The minimum absolute atomic E-state index is 0.325. The zero-order valence-electron chi connectivity index (χ0n) is 16.4. The van der Waals surface area contributed by atoms with Gasteiger partial charge in [0.15, 0.2) is 17.5 Å². The van der Waals surface area contributed by atoms with Gasteiger partial charge in [-0.1, -0.05) is 68.7 Å². The summed E-state index contributed by atoms with van der Waals surface area (Å²) in [6.45, 7) is 2.22. The van der Waals surface area contributed by atoms with Crippen molar-refractivity contribution in [3.8, 4) is 11.1 Å². The predicted octanol–water partition coefficient (Wildman–Crippen LogP) is 8.20. The number of hydrogen-bond acceptors (Lipinski definition) is 0. The quantitative estimate of drug-likeness (QED) is 0.176. The summed E-state index contributed by atoms with van der Waals surface area (Å²) in [5.74, 6) is -3.79. The van der Waals surface area contributed by atoms with Gasteiger partial charge in [-0.15, -0.1) is 0 Å². The number of halogens is 3. The summed E-state index contributed by atoms with van der Waals surface area (Å²) in [5.41, 5.74) is 2.33. The van der Waals surface area contributed by atoms with Crippen molar-refractivity contribution in [2.45, 2.75) is 39.0 Å². The highest BCUT2D eigenvalue weighted by atomic mass is 19.2. The van der Waals surface area contributed by atoms with E-state index in [9.17, 15) is 13.2 Å². The number of rotatable bonds is 6. The fourth-order valence-corrected chi connectivity index (χ4v) is 3.93. The molecule has 0 atom stereocenters. The van der Waals surface area contributed by atoms with Gasteiger partial charge in [0.05, 0.1) is 0 Å². The second-order valence-corrected chi connectivity index (χ2v) is 7.62. The molecule has 0 N–H and O–H groups in total. The maximum absolute atomic E-state index is 13.6. The molecule has 0 saturated heterocycles. The van der Waals surface area contributed by atoms with Gasteiger partial charge in [-0.05, 0) is 69.3 Å². The molecule has 3 heteroatoms. The highest BCUT2D eigenvalue weighted by Gasteiger charge is 2.12. The molecule has 4 aromatic carbocycles. The van der Waals surface area contributed by atoms with Crippen LogP contribution in [0.2, 0.25) is 0 Å². The lowest BCUT2D eigenvalue weighted by Crippen LogP contribution is -1.92. The van der Waals surface area contributed by atoms with E-state index in [1.54, 1.807) is 0 Å². The fraction of sp³-hybridized carbons (Fsp3) is 0.231. The van der Waals surface area contributed by atoms with Crippen LogP contribution >= 0.6 is 0 Å². The van der Waals surface area contributed by atoms with Crippen molar-refractivity contribution in [3.05, 3.63) is 83.7 Å². The Labute approximate surface area is 169 Å². The third-order valence-electron chi connectivity index (χ3n) is 5.54. The highest BCUT2D eigenvalue weighted by Crippen LogP contribution is 2.31. The van der Waals surface area contributed by atoms with Crippen molar-refractivity contribution in [1.82, 2.24) is 0 Å². The lowest BCUT2D eigenvalue weighted by atomic mass is 9.95. The van der Waals surface area contributed by atoms with E-state index < -0.39 is 17.5 Å². The summed E-state index contributed by atoms with van der Waals surface area (Å²) in [6.07, 6.45) is 6.08. The van der Waals surface area contributed by atoms with Crippen LogP contribution in [0.1, 0.15) is 38.2 Å². The molecule has 0 aliphatic rings. The van der Waals surface area contributed by atoms with Crippen molar-refractivity contribution >= 4 is 21.5 Å². The molecule has 0 saturated carbocycles. The topological polar surface area (TPSA) is 0 Å². The van der Waals surface area contributed by atoms with Crippen LogP contribution in [0.5, 0.6) is 0 Å². The fourth-order valence-electron chi connectivity index (χ4n) is 3.93. The largest absolute Gasteiger partial charge is 0.204 e. The molecule has 0 aliphatic carbocycles. The Morgan fingerprint density at radius 1 is 0.621 bits per heavy atom. The summed E-state index contributed by atoms with van der Waals surface area (Å²) in [7, 11) is 0. The second-order valence-electron chi connectivity index (χ2n) is 7.62. The van der Waals surface area contributed by atoms with E-state index >= 15 is 0 Å². The van der Waals surface area contributed by atoms with Crippen molar-refractivity contribution < 1.29 is 13.2 Å². The molecule has 0 unspecified atom stereocenters. The first-order valence-corrected chi connectivity index (χ1v) is 10.2. The lowest BCUT2D eigenvalue weighted by Gasteiger charge is -2.09. The van der Waals surface area contributed by atoms with E-state index in [0.29, 0.717) is 11.1 Å². The average Bonchev–Trinajstić information content (AvgIpc) is 2.74. The minimum Gasteiger partial charge on any atom is -0.204 e. The van der Waals surface area contributed by atoms with E-state index in [1.165, 1.54) is 36.6 Å². The molecule has 0 heterocycles. The number of hydrogen-bond donors (Lipinski definition) is 0. The molecule has 0 radical (unpaired) electrons. The Balaban J connectivity index is 1.68. The highest BCUT2D eigenvalue weighted by molar-refractivity contribution is 6.08. The first-order chi connectivity index (χ1) is 14.1. The van der Waals surface area contributed by atoms with Gasteiger partial charge in [0.25, 0.3) is 0 Å². The molecule has 0 bridgehead atoms. The number of fused-ring (bicyclic) bond motifs is 3. The lowest BCUT2D eigenvalue weighted by molar-refractivity contribution is 0.448. The van der Waals surface area contributed by atoms with Crippen LogP contribution in [-0.4, -0.2) is 0 Å². The average molecular weight is 392 g/mol.